The fraction of sp³-hybridized carbons (Fsp3) is 0.400. The predicted molar refractivity (Wildman–Crippen MR) is 51.6 cm³/mol. The zero-order valence-corrected chi connectivity index (χ0v) is 7.95. The Labute approximate surface area is 78.1 Å². The van der Waals surface area contributed by atoms with Gasteiger partial charge in [-0.2, -0.15) is 0 Å². The van der Waals surface area contributed by atoms with Gasteiger partial charge in [-0.15, -0.1) is 0 Å². The molecule has 0 aliphatic rings. The first-order valence-corrected chi connectivity index (χ1v) is 4.18. The molecule has 0 saturated carbocycles. The van der Waals surface area contributed by atoms with Gasteiger partial charge >= 0.3 is 0 Å². The average Bonchev–Trinajstić information content (AvgIpc) is 2.18. The van der Waals surface area contributed by atoms with Crippen LogP contribution in [-0.4, -0.2) is 18.8 Å². The molecule has 0 aliphatic heterocycles. The first kappa shape index (κ1) is 10.0. The molecule has 0 amide bonds. The summed E-state index contributed by atoms with van der Waals surface area (Å²) in [5, 5.41) is 9.90. The van der Waals surface area contributed by atoms with Crippen LogP contribution in [0.5, 0.6) is 5.75 Å². The third-order valence-corrected chi connectivity index (χ3v) is 2.08. The molecule has 1 atom stereocenters. The molecular weight excluding hydrogens is 166 g/mol. The summed E-state index contributed by atoms with van der Waals surface area (Å²) in [7, 11) is 1.57. The van der Waals surface area contributed by atoms with Crippen LogP contribution in [0.2, 0.25) is 0 Å². The van der Waals surface area contributed by atoms with Gasteiger partial charge in [0.2, 0.25) is 0 Å². The summed E-state index contributed by atoms with van der Waals surface area (Å²) >= 11 is 0. The van der Waals surface area contributed by atoms with Gasteiger partial charge in [-0.25, -0.2) is 0 Å². The van der Waals surface area contributed by atoms with Crippen molar-refractivity contribution in [1.82, 2.24) is 0 Å². The van der Waals surface area contributed by atoms with Crippen LogP contribution >= 0.6 is 0 Å². The van der Waals surface area contributed by atoms with Gasteiger partial charge < -0.3 is 15.6 Å². The number of hydrogen-bond donors (Lipinski definition) is 2. The number of methoxy groups -OCH3 is 1. The second kappa shape index (κ2) is 3.77. The summed E-state index contributed by atoms with van der Waals surface area (Å²) in [6.45, 7) is 1.85. The summed E-state index contributed by atoms with van der Waals surface area (Å²) in [5.41, 5.74) is 5.16. The Morgan fingerprint density at radius 1 is 1.46 bits per heavy atom. The van der Waals surface area contributed by atoms with E-state index in [4.69, 9.17) is 10.5 Å². The molecule has 1 rings (SSSR count). The summed E-state index contributed by atoms with van der Waals surface area (Å²) < 4.78 is 5.12. The van der Waals surface area contributed by atoms with Crippen molar-refractivity contribution < 1.29 is 9.84 Å². The van der Waals surface area contributed by atoms with E-state index in [0.29, 0.717) is 5.75 Å². The lowest BCUT2D eigenvalue weighted by molar-refractivity contribution is 0.0641. The van der Waals surface area contributed by atoms with Gasteiger partial charge in [0.1, 0.15) is 11.4 Å². The lowest BCUT2D eigenvalue weighted by Gasteiger charge is -2.23. The van der Waals surface area contributed by atoms with Crippen molar-refractivity contribution in [3.8, 4) is 5.75 Å². The van der Waals surface area contributed by atoms with Gasteiger partial charge in [0.25, 0.3) is 0 Å². The zero-order valence-electron chi connectivity index (χ0n) is 7.95. The first-order valence-electron chi connectivity index (χ1n) is 4.18. The fourth-order valence-electron chi connectivity index (χ4n) is 1.20. The molecule has 0 fully saturated rings. The molecule has 72 valence electrons. The number of benzene rings is 1. The van der Waals surface area contributed by atoms with E-state index in [-0.39, 0.29) is 6.54 Å². The van der Waals surface area contributed by atoms with Gasteiger partial charge in [0.15, 0.2) is 0 Å². The molecule has 0 heterocycles. The van der Waals surface area contributed by atoms with Gasteiger partial charge in [0, 0.05) is 12.1 Å². The Morgan fingerprint density at radius 3 is 2.62 bits per heavy atom. The number of hydrogen-bond acceptors (Lipinski definition) is 3. The number of ether oxygens (including phenoxy) is 1. The van der Waals surface area contributed by atoms with Crippen LogP contribution in [0.25, 0.3) is 0 Å². The molecule has 13 heavy (non-hydrogen) atoms. The number of para-hydroxylation sites is 1. The summed E-state index contributed by atoms with van der Waals surface area (Å²) in [5.74, 6) is 0.665. The van der Waals surface area contributed by atoms with E-state index in [1.54, 1.807) is 20.1 Å². The van der Waals surface area contributed by atoms with Crippen LogP contribution in [0.15, 0.2) is 24.3 Å². The molecule has 1 aromatic carbocycles. The highest BCUT2D eigenvalue weighted by molar-refractivity contribution is 5.37. The van der Waals surface area contributed by atoms with E-state index in [2.05, 4.69) is 0 Å². The minimum atomic E-state index is -1.02. The SMILES string of the molecule is COc1ccccc1[C@@](C)(O)CN. The van der Waals surface area contributed by atoms with Crippen molar-refractivity contribution in [2.45, 2.75) is 12.5 Å². The monoisotopic (exact) mass is 181 g/mol. The van der Waals surface area contributed by atoms with E-state index < -0.39 is 5.60 Å². The summed E-state index contributed by atoms with van der Waals surface area (Å²) in [6.07, 6.45) is 0. The standard InChI is InChI=1S/C10H15NO2/c1-10(12,7-11)8-5-3-4-6-9(8)13-2/h3-6,12H,7,11H2,1-2H3/t10-/m0/s1. The van der Waals surface area contributed by atoms with E-state index in [9.17, 15) is 5.11 Å². The Kier molecular flexibility index (Phi) is 2.90. The minimum absolute atomic E-state index is 0.174. The molecule has 0 aliphatic carbocycles. The van der Waals surface area contributed by atoms with E-state index in [0.717, 1.165) is 5.56 Å². The largest absolute Gasteiger partial charge is 0.496 e. The third-order valence-electron chi connectivity index (χ3n) is 2.08. The van der Waals surface area contributed by atoms with Crippen molar-refractivity contribution in [3.05, 3.63) is 29.8 Å². The molecule has 0 bridgehead atoms. The van der Waals surface area contributed by atoms with Crippen LogP contribution < -0.4 is 10.5 Å². The Morgan fingerprint density at radius 2 is 2.08 bits per heavy atom. The second-order valence-electron chi connectivity index (χ2n) is 3.18. The summed E-state index contributed by atoms with van der Waals surface area (Å²) in [6, 6.07) is 7.32. The molecular formula is C10H15NO2. The van der Waals surface area contributed by atoms with Crippen LogP contribution in [0, 0.1) is 0 Å². The van der Waals surface area contributed by atoms with Crippen molar-refractivity contribution >= 4 is 0 Å². The maximum atomic E-state index is 9.90. The molecule has 3 nitrogen and oxygen atoms in total. The lowest BCUT2D eigenvalue weighted by Crippen LogP contribution is -2.31. The number of nitrogens with two attached hydrogens (primary N) is 1. The topological polar surface area (TPSA) is 55.5 Å². The fourth-order valence-corrected chi connectivity index (χ4v) is 1.20. The first-order chi connectivity index (χ1) is 6.11. The second-order valence-corrected chi connectivity index (χ2v) is 3.18. The number of rotatable bonds is 3. The maximum Gasteiger partial charge on any atom is 0.124 e. The highest BCUT2D eigenvalue weighted by atomic mass is 16.5. The highest BCUT2D eigenvalue weighted by Crippen LogP contribution is 2.28. The Hall–Kier alpha value is -1.06. The van der Waals surface area contributed by atoms with Crippen LogP contribution in [0.3, 0.4) is 0 Å². The molecule has 0 saturated heterocycles. The highest BCUT2D eigenvalue weighted by Gasteiger charge is 2.24. The molecule has 3 heteroatoms. The average molecular weight is 181 g/mol. The quantitative estimate of drug-likeness (QED) is 0.727. The Balaban J connectivity index is 3.12. The lowest BCUT2D eigenvalue weighted by atomic mass is 9.95. The maximum absolute atomic E-state index is 9.90. The third kappa shape index (κ3) is 1.99. The van der Waals surface area contributed by atoms with Crippen molar-refractivity contribution in [1.29, 1.82) is 0 Å². The molecule has 0 radical (unpaired) electrons. The number of aliphatic hydroxyl groups is 1. The van der Waals surface area contributed by atoms with Crippen molar-refractivity contribution in [2.75, 3.05) is 13.7 Å². The van der Waals surface area contributed by atoms with Gasteiger partial charge in [0.05, 0.1) is 7.11 Å². The van der Waals surface area contributed by atoms with Crippen molar-refractivity contribution in [2.24, 2.45) is 5.73 Å². The normalized spacial score (nSPS) is 15.1. The minimum Gasteiger partial charge on any atom is -0.496 e. The smallest absolute Gasteiger partial charge is 0.124 e. The van der Waals surface area contributed by atoms with E-state index in [1.807, 2.05) is 18.2 Å². The van der Waals surface area contributed by atoms with E-state index in [1.165, 1.54) is 0 Å². The van der Waals surface area contributed by atoms with Crippen LogP contribution in [-0.2, 0) is 5.60 Å². The van der Waals surface area contributed by atoms with Crippen molar-refractivity contribution in [3.63, 3.8) is 0 Å². The van der Waals surface area contributed by atoms with Crippen LogP contribution in [0.1, 0.15) is 12.5 Å². The molecule has 1 aromatic rings. The predicted octanol–water partition coefficient (Wildman–Crippen LogP) is 0.861. The van der Waals surface area contributed by atoms with E-state index >= 15 is 0 Å². The zero-order chi connectivity index (χ0) is 9.90. The van der Waals surface area contributed by atoms with Crippen LogP contribution in [0.4, 0.5) is 0 Å². The molecule has 3 N–H and O–H groups in total. The summed E-state index contributed by atoms with van der Waals surface area (Å²) in [4.78, 5) is 0. The van der Waals surface area contributed by atoms with Gasteiger partial charge in [-0.05, 0) is 13.0 Å². The Bertz CT molecular complexity index is 284. The molecule has 0 spiro atoms. The van der Waals surface area contributed by atoms with Gasteiger partial charge in [-0.1, -0.05) is 18.2 Å². The molecule has 0 unspecified atom stereocenters. The van der Waals surface area contributed by atoms with Gasteiger partial charge in [-0.3, -0.25) is 0 Å². The molecule has 0 aromatic heterocycles.